The molecule has 3 N–H and O–H groups in total. The fourth-order valence-corrected chi connectivity index (χ4v) is 3.66. The Kier molecular flexibility index (Phi) is 6.40. The Morgan fingerprint density at radius 1 is 1.24 bits per heavy atom. The predicted octanol–water partition coefficient (Wildman–Crippen LogP) is 0.209. The molecule has 1 fully saturated rings. The lowest BCUT2D eigenvalue weighted by atomic mass is 10.0. The van der Waals surface area contributed by atoms with Gasteiger partial charge in [0.15, 0.2) is 0 Å². The number of rotatable bonds is 7. The lowest BCUT2D eigenvalue weighted by molar-refractivity contribution is 0.192. The van der Waals surface area contributed by atoms with Crippen LogP contribution in [0, 0.1) is 0 Å². The molecular formula is C11H24N2O3S. The number of aliphatic hydroxyl groups excluding tert-OH is 1. The van der Waals surface area contributed by atoms with E-state index in [9.17, 15) is 8.42 Å². The van der Waals surface area contributed by atoms with Crippen molar-refractivity contribution in [3.8, 4) is 0 Å². The molecule has 102 valence electrons. The molecule has 17 heavy (non-hydrogen) atoms. The number of aliphatic hydroxyl groups is 1. The summed E-state index contributed by atoms with van der Waals surface area (Å²) in [5, 5.41) is 11.8. The Labute approximate surface area is 104 Å². The van der Waals surface area contributed by atoms with E-state index in [0.717, 1.165) is 32.1 Å². The van der Waals surface area contributed by atoms with E-state index in [1.54, 1.807) is 6.92 Å². The molecule has 1 saturated carbocycles. The maximum absolute atomic E-state index is 11.9. The van der Waals surface area contributed by atoms with Crippen molar-refractivity contribution in [3.63, 3.8) is 0 Å². The largest absolute Gasteiger partial charge is 0.392 e. The lowest BCUT2D eigenvalue weighted by Crippen LogP contribution is -2.39. The van der Waals surface area contributed by atoms with Gasteiger partial charge in [-0.05, 0) is 19.8 Å². The van der Waals surface area contributed by atoms with E-state index in [2.05, 4.69) is 10.0 Å². The van der Waals surface area contributed by atoms with Gasteiger partial charge in [-0.25, -0.2) is 13.1 Å². The Hall–Kier alpha value is -0.170. The monoisotopic (exact) mass is 264 g/mol. The molecule has 0 amide bonds. The van der Waals surface area contributed by atoms with E-state index in [1.807, 2.05) is 0 Å². The second kappa shape index (κ2) is 7.31. The molecule has 1 rings (SSSR count). The standard InChI is InChI=1S/C11H24N2O3S/c1-10(14)9-12-7-8-13-17(15,16)11-5-3-2-4-6-11/h10-14H,2-9H2,1H3. The minimum absolute atomic E-state index is 0.201. The molecule has 1 unspecified atom stereocenters. The van der Waals surface area contributed by atoms with Crippen LogP contribution in [0.1, 0.15) is 39.0 Å². The zero-order chi connectivity index (χ0) is 12.7. The van der Waals surface area contributed by atoms with E-state index in [0.29, 0.717) is 19.6 Å². The van der Waals surface area contributed by atoms with Gasteiger partial charge in [0.1, 0.15) is 0 Å². The molecule has 0 bridgehead atoms. The molecule has 0 aromatic rings. The van der Waals surface area contributed by atoms with Crippen LogP contribution in [0.2, 0.25) is 0 Å². The van der Waals surface area contributed by atoms with Crippen LogP contribution < -0.4 is 10.0 Å². The SMILES string of the molecule is CC(O)CNCCNS(=O)(=O)C1CCCCC1. The van der Waals surface area contributed by atoms with Crippen LogP contribution in [0.3, 0.4) is 0 Å². The van der Waals surface area contributed by atoms with Crippen LogP contribution in [-0.2, 0) is 10.0 Å². The number of hydrogen-bond donors (Lipinski definition) is 3. The average Bonchev–Trinajstić information content (AvgIpc) is 2.29. The van der Waals surface area contributed by atoms with Crippen molar-refractivity contribution >= 4 is 10.0 Å². The lowest BCUT2D eigenvalue weighted by Gasteiger charge is -2.22. The topological polar surface area (TPSA) is 78.4 Å². The predicted molar refractivity (Wildman–Crippen MR) is 68.3 cm³/mol. The summed E-state index contributed by atoms with van der Waals surface area (Å²) >= 11 is 0. The first-order valence-corrected chi connectivity index (χ1v) is 7.94. The van der Waals surface area contributed by atoms with Crippen LogP contribution >= 0.6 is 0 Å². The summed E-state index contributed by atoms with van der Waals surface area (Å²) in [6.07, 6.45) is 4.37. The first kappa shape index (κ1) is 14.9. The van der Waals surface area contributed by atoms with Crippen molar-refractivity contribution in [1.29, 1.82) is 0 Å². The highest BCUT2D eigenvalue weighted by Gasteiger charge is 2.26. The highest BCUT2D eigenvalue weighted by atomic mass is 32.2. The maximum Gasteiger partial charge on any atom is 0.214 e. The van der Waals surface area contributed by atoms with Gasteiger partial charge in [-0.15, -0.1) is 0 Å². The molecule has 0 spiro atoms. The number of nitrogens with one attached hydrogen (secondary N) is 2. The third kappa shape index (κ3) is 5.81. The molecular weight excluding hydrogens is 240 g/mol. The fourth-order valence-electron chi connectivity index (χ4n) is 2.09. The zero-order valence-corrected chi connectivity index (χ0v) is 11.3. The van der Waals surface area contributed by atoms with Crippen molar-refractivity contribution in [2.24, 2.45) is 0 Å². The molecule has 1 atom stereocenters. The fraction of sp³-hybridized carbons (Fsp3) is 1.00. The molecule has 0 aromatic heterocycles. The van der Waals surface area contributed by atoms with Crippen LogP contribution in [0.15, 0.2) is 0 Å². The molecule has 0 heterocycles. The van der Waals surface area contributed by atoms with Gasteiger partial charge in [0.05, 0.1) is 11.4 Å². The van der Waals surface area contributed by atoms with Gasteiger partial charge in [0.2, 0.25) is 10.0 Å². The van der Waals surface area contributed by atoms with Crippen molar-refractivity contribution in [2.75, 3.05) is 19.6 Å². The zero-order valence-electron chi connectivity index (χ0n) is 10.5. The minimum Gasteiger partial charge on any atom is -0.392 e. The van der Waals surface area contributed by atoms with Crippen molar-refractivity contribution in [3.05, 3.63) is 0 Å². The van der Waals surface area contributed by atoms with E-state index in [-0.39, 0.29) is 5.25 Å². The Bertz CT molecular complexity index is 298. The normalized spacial score (nSPS) is 20.4. The summed E-state index contributed by atoms with van der Waals surface area (Å²) in [4.78, 5) is 0. The maximum atomic E-state index is 11.9. The van der Waals surface area contributed by atoms with Crippen LogP contribution in [-0.4, -0.2) is 44.5 Å². The van der Waals surface area contributed by atoms with Crippen molar-refractivity contribution in [1.82, 2.24) is 10.0 Å². The van der Waals surface area contributed by atoms with Crippen molar-refractivity contribution < 1.29 is 13.5 Å². The number of hydrogen-bond acceptors (Lipinski definition) is 4. The molecule has 5 nitrogen and oxygen atoms in total. The van der Waals surface area contributed by atoms with Gasteiger partial charge in [-0.3, -0.25) is 0 Å². The second-order valence-electron chi connectivity index (χ2n) is 4.75. The molecule has 6 heteroatoms. The average molecular weight is 264 g/mol. The summed E-state index contributed by atoms with van der Waals surface area (Å²) in [6.45, 7) is 3.13. The minimum atomic E-state index is -3.14. The highest BCUT2D eigenvalue weighted by Crippen LogP contribution is 2.22. The summed E-state index contributed by atoms with van der Waals surface area (Å²) in [6, 6.07) is 0. The van der Waals surface area contributed by atoms with E-state index in [4.69, 9.17) is 5.11 Å². The molecule has 0 aromatic carbocycles. The summed E-state index contributed by atoms with van der Waals surface area (Å²) < 4.78 is 26.4. The first-order valence-electron chi connectivity index (χ1n) is 6.39. The molecule has 1 aliphatic rings. The van der Waals surface area contributed by atoms with E-state index < -0.39 is 16.1 Å². The van der Waals surface area contributed by atoms with Gasteiger partial charge in [-0.1, -0.05) is 19.3 Å². The van der Waals surface area contributed by atoms with Gasteiger partial charge in [0, 0.05) is 19.6 Å². The second-order valence-corrected chi connectivity index (χ2v) is 6.80. The quantitative estimate of drug-likeness (QED) is 0.574. The smallest absolute Gasteiger partial charge is 0.214 e. The number of sulfonamides is 1. The molecule has 0 radical (unpaired) electrons. The molecule has 1 aliphatic carbocycles. The summed E-state index contributed by atoms with van der Waals surface area (Å²) in [5.74, 6) is 0. The third-order valence-corrected chi connectivity index (χ3v) is 4.99. The van der Waals surface area contributed by atoms with Gasteiger partial charge < -0.3 is 10.4 Å². The van der Waals surface area contributed by atoms with E-state index >= 15 is 0 Å². The van der Waals surface area contributed by atoms with Gasteiger partial charge >= 0.3 is 0 Å². The van der Waals surface area contributed by atoms with Gasteiger partial charge in [-0.2, -0.15) is 0 Å². The molecule has 0 saturated heterocycles. The van der Waals surface area contributed by atoms with Crippen LogP contribution in [0.5, 0.6) is 0 Å². The third-order valence-electron chi connectivity index (χ3n) is 3.04. The van der Waals surface area contributed by atoms with E-state index in [1.165, 1.54) is 0 Å². The molecule has 0 aliphatic heterocycles. The summed E-state index contributed by atoms with van der Waals surface area (Å²) in [5.41, 5.74) is 0. The Balaban J connectivity index is 2.20. The Morgan fingerprint density at radius 2 is 1.88 bits per heavy atom. The van der Waals surface area contributed by atoms with Crippen molar-refractivity contribution in [2.45, 2.75) is 50.4 Å². The Morgan fingerprint density at radius 3 is 2.47 bits per heavy atom. The van der Waals surface area contributed by atoms with Crippen LogP contribution in [0.25, 0.3) is 0 Å². The highest BCUT2D eigenvalue weighted by molar-refractivity contribution is 7.90. The summed E-state index contributed by atoms with van der Waals surface area (Å²) in [7, 11) is -3.14. The van der Waals surface area contributed by atoms with Crippen LogP contribution in [0.4, 0.5) is 0 Å². The van der Waals surface area contributed by atoms with Gasteiger partial charge in [0.25, 0.3) is 0 Å². The first-order chi connectivity index (χ1) is 8.02.